The Balaban J connectivity index is 1.81. The lowest BCUT2D eigenvalue weighted by Gasteiger charge is -2.31. The molecule has 0 saturated carbocycles. The predicted octanol–water partition coefficient (Wildman–Crippen LogP) is 1.82. The highest BCUT2D eigenvalue weighted by Crippen LogP contribution is 2.32. The molecule has 116 valence electrons. The van der Waals surface area contributed by atoms with Crippen molar-refractivity contribution in [1.82, 2.24) is 14.8 Å². The zero-order valence-corrected chi connectivity index (χ0v) is 12.9. The molecular formula is C14H16FN5OS. The molecule has 22 heavy (non-hydrogen) atoms. The third kappa shape index (κ3) is 2.66. The van der Waals surface area contributed by atoms with Crippen molar-refractivity contribution in [3.8, 4) is 0 Å². The van der Waals surface area contributed by atoms with Crippen LogP contribution in [-0.4, -0.2) is 32.5 Å². The van der Waals surface area contributed by atoms with Gasteiger partial charge in [-0.3, -0.25) is 9.36 Å². The molecule has 1 fully saturated rings. The molecule has 0 unspecified atom stereocenters. The third-order valence-corrected chi connectivity index (χ3v) is 4.94. The Morgan fingerprint density at radius 3 is 2.82 bits per heavy atom. The number of piperidine rings is 1. The number of hydrogen-bond donors (Lipinski definition) is 1. The van der Waals surface area contributed by atoms with E-state index < -0.39 is 0 Å². The highest BCUT2D eigenvalue weighted by Gasteiger charge is 2.32. The first-order chi connectivity index (χ1) is 10.6. The first-order valence-electron chi connectivity index (χ1n) is 6.95. The molecule has 1 saturated heterocycles. The summed E-state index contributed by atoms with van der Waals surface area (Å²) >= 11 is 1.32. The number of amides is 1. The van der Waals surface area contributed by atoms with Gasteiger partial charge in [-0.2, -0.15) is 0 Å². The largest absolute Gasteiger partial charge is 0.368 e. The van der Waals surface area contributed by atoms with Crippen LogP contribution in [0.25, 0.3) is 0 Å². The van der Waals surface area contributed by atoms with E-state index in [-0.39, 0.29) is 17.0 Å². The van der Waals surface area contributed by atoms with E-state index >= 15 is 0 Å². The molecule has 0 aliphatic carbocycles. The lowest BCUT2D eigenvalue weighted by Crippen LogP contribution is -2.43. The van der Waals surface area contributed by atoms with Crippen molar-refractivity contribution in [1.29, 1.82) is 0 Å². The molecule has 0 radical (unpaired) electrons. The molecule has 1 atom stereocenters. The fraction of sp³-hybridized carbons (Fsp3) is 0.357. The molecule has 1 aliphatic heterocycles. The number of nitrogens with two attached hydrogens (primary N) is 1. The molecule has 6 nitrogen and oxygen atoms in total. The molecule has 8 heteroatoms. The van der Waals surface area contributed by atoms with E-state index in [0.717, 1.165) is 12.8 Å². The summed E-state index contributed by atoms with van der Waals surface area (Å²) in [6, 6.07) is 6.33. The lowest BCUT2D eigenvalue weighted by atomic mass is 10.1. The van der Waals surface area contributed by atoms with Crippen LogP contribution in [0.1, 0.15) is 12.8 Å². The number of para-hydroxylation sites is 1. The van der Waals surface area contributed by atoms with Crippen LogP contribution in [0.15, 0.2) is 29.4 Å². The predicted molar refractivity (Wildman–Crippen MR) is 83.0 cm³/mol. The normalized spacial score (nSPS) is 18.7. The van der Waals surface area contributed by atoms with Crippen LogP contribution in [0.4, 0.5) is 16.0 Å². The van der Waals surface area contributed by atoms with Gasteiger partial charge in [-0.1, -0.05) is 23.9 Å². The number of hydrogen-bond acceptors (Lipinski definition) is 5. The number of aromatic nitrogens is 3. The fourth-order valence-electron chi connectivity index (χ4n) is 2.42. The summed E-state index contributed by atoms with van der Waals surface area (Å²) in [5.41, 5.74) is 5.98. The molecular weight excluding hydrogens is 305 g/mol. The van der Waals surface area contributed by atoms with Gasteiger partial charge in [-0.25, -0.2) is 4.39 Å². The van der Waals surface area contributed by atoms with Crippen LogP contribution in [0.3, 0.4) is 0 Å². The zero-order valence-electron chi connectivity index (χ0n) is 12.1. The molecule has 1 aromatic carbocycles. The number of nitrogen functional groups attached to an aromatic ring is 1. The second-order valence-electron chi connectivity index (χ2n) is 5.09. The van der Waals surface area contributed by atoms with E-state index in [2.05, 4.69) is 10.2 Å². The van der Waals surface area contributed by atoms with Gasteiger partial charge in [0.1, 0.15) is 5.82 Å². The van der Waals surface area contributed by atoms with E-state index in [1.54, 1.807) is 29.8 Å². The van der Waals surface area contributed by atoms with E-state index in [9.17, 15) is 9.18 Å². The summed E-state index contributed by atoms with van der Waals surface area (Å²) in [6.07, 6.45) is 1.53. The van der Waals surface area contributed by atoms with Gasteiger partial charge in [0.05, 0.1) is 10.9 Å². The second kappa shape index (κ2) is 5.96. The van der Waals surface area contributed by atoms with Crippen LogP contribution in [-0.2, 0) is 11.8 Å². The van der Waals surface area contributed by atoms with Crippen LogP contribution in [0.2, 0.25) is 0 Å². The summed E-state index contributed by atoms with van der Waals surface area (Å²) in [4.78, 5) is 14.2. The Kier molecular flexibility index (Phi) is 4.02. The van der Waals surface area contributed by atoms with E-state index in [0.29, 0.717) is 23.3 Å². The minimum Gasteiger partial charge on any atom is -0.368 e. The highest BCUT2D eigenvalue weighted by molar-refractivity contribution is 8.00. The number of carbonyl (C=O) groups is 1. The summed E-state index contributed by atoms with van der Waals surface area (Å²) < 4.78 is 15.6. The van der Waals surface area contributed by atoms with Gasteiger partial charge >= 0.3 is 0 Å². The molecule has 2 heterocycles. The Bertz CT molecular complexity index is 704. The molecule has 0 bridgehead atoms. The van der Waals surface area contributed by atoms with Crippen LogP contribution in [0, 0.1) is 5.82 Å². The summed E-state index contributed by atoms with van der Waals surface area (Å²) in [5.74, 6) is -0.191. The quantitative estimate of drug-likeness (QED) is 0.933. The van der Waals surface area contributed by atoms with Gasteiger partial charge in [0.2, 0.25) is 11.9 Å². The van der Waals surface area contributed by atoms with Crippen LogP contribution in [0.5, 0.6) is 0 Å². The Morgan fingerprint density at radius 1 is 1.36 bits per heavy atom. The molecule has 3 rings (SSSR count). The van der Waals surface area contributed by atoms with Crippen molar-refractivity contribution in [2.45, 2.75) is 23.2 Å². The maximum absolute atomic E-state index is 13.9. The number of nitrogens with zero attached hydrogens (tertiary/aromatic N) is 4. The van der Waals surface area contributed by atoms with Gasteiger partial charge in [0.25, 0.3) is 0 Å². The average Bonchev–Trinajstić information content (AvgIpc) is 2.82. The van der Waals surface area contributed by atoms with Crippen molar-refractivity contribution in [3.63, 3.8) is 0 Å². The fourth-order valence-corrected chi connectivity index (χ4v) is 3.52. The Labute approximate surface area is 131 Å². The SMILES string of the molecule is Cn1c(N)nnc1S[C@@H]1CCCN(c2ccccc2F)C1=O. The number of benzene rings is 1. The molecule has 2 N–H and O–H groups in total. The van der Waals surface area contributed by atoms with Crippen molar-refractivity contribution in [2.24, 2.45) is 7.05 Å². The van der Waals surface area contributed by atoms with Gasteiger partial charge in [0, 0.05) is 13.6 Å². The Morgan fingerprint density at radius 2 is 2.14 bits per heavy atom. The first-order valence-corrected chi connectivity index (χ1v) is 7.83. The number of rotatable bonds is 3. The highest BCUT2D eigenvalue weighted by atomic mass is 32.2. The van der Waals surface area contributed by atoms with Gasteiger partial charge in [-0.15, -0.1) is 10.2 Å². The van der Waals surface area contributed by atoms with Crippen LogP contribution >= 0.6 is 11.8 Å². The summed E-state index contributed by atoms with van der Waals surface area (Å²) in [7, 11) is 1.75. The minimum absolute atomic E-state index is 0.108. The van der Waals surface area contributed by atoms with Crippen molar-refractivity contribution in [2.75, 3.05) is 17.2 Å². The van der Waals surface area contributed by atoms with Crippen molar-refractivity contribution < 1.29 is 9.18 Å². The molecule has 2 aromatic rings. The van der Waals surface area contributed by atoms with E-state index in [4.69, 9.17) is 5.73 Å². The van der Waals surface area contributed by atoms with Gasteiger partial charge in [-0.05, 0) is 25.0 Å². The second-order valence-corrected chi connectivity index (χ2v) is 6.26. The number of carbonyl (C=O) groups excluding carboxylic acids is 1. The van der Waals surface area contributed by atoms with Crippen molar-refractivity contribution >= 4 is 29.3 Å². The summed E-state index contributed by atoms with van der Waals surface area (Å²) in [6.45, 7) is 0.526. The van der Waals surface area contributed by atoms with Gasteiger partial charge < -0.3 is 10.6 Å². The van der Waals surface area contributed by atoms with Gasteiger partial charge in [0.15, 0.2) is 5.16 Å². The molecule has 1 aliphatic rings. The van der Waals surface area contributed by atoms with Crippen molar-refractivity contribution in [3.05, 3.63) is 30.1 Å². The molecule has 0 spiro atoms. The van der Waals surface area contributed by atoms with Crippen LogP contribution < -0.4 is 10.6 Å². The topological polar surface area (TPSA) is 77.0 Å². The third-order valence-electron chi connectivity index (χ3n) is 3.65. The standard InChI is InChI=1S/C14H16FN5OS/c1-19-13(16)17-18-14(19)22-11-7-4-8-20(12(11)21)10-6-3-2-5-9(10)15/h2-3,5-6,11H,4,7-8H2,1H3,(H2,16,17)/t11-/m1/s1. The smallest absolute Gasteiger partial charge is 0.240 e. The number of anilines is 2. The average molecular weight is 321 g/mol. The van der Waals surface area contributed by atoms with E-state index in [1.807, 2.05) is 0 Å². The monoisotopic (exact) mass is 321 g/mol. The first kappa shape index (κ1) is 14.8. The summed E-state index contributed by atoms with van der Waals surface area (Å²) in [5, 5.41) is 8.03. The molecule has 1 aromatic heterocycles. The maximum atomic E-state index is 13.9. The maximum Gasteiger partial charge on any atom is 0.240 e. The number of thioether (sulfide) groups is 1. The Hall–Kier alpha value is -2.09. The van der Waals surface area contributed by atoms with E-state index in [1.165, 1.54) is 22.7 Å². The zero-order chi connectivity index (χ0) is 15.7. The minimum atomic E-state index is -0.385. The lowest BCUT2D eigenvalue weighted by molar-refractivity contribution is -0.119. The molecule has 1 amide bonds. The number of halogens is 1.